The van der Waals surface area contributed by atoms with Crippen LogP contribution in [0.2, 0.25) is 0 Å². The highest BCUT2D eigenvalue weighted by atomic mass is 16.5. The molecule has 4 rings (SSSR count). The number of morpholine rings is 1. The van der Waals surface area contributed by atoms with E-state index >= 15 is 0 Å². The summed E-state index contributed by atoms with van der Waals surface area (Å²) in [6.45, 7) is 8.48. The van der Waals surface area contributed by atoms with Crippen molar-refractivity contribution in [2.45, 2.75) is 26.1 Å². The number of anilines is 2. The molecule has 2 aromatic heterocycles. The van der Waals surface area contributed by atoms with E-state index in [1.54, 1.807) is 0 Å². The summed E-state index contributed by atoms with van der Waals surface area (Å²) in [5.41, 5.74) is 1.22. The third-order valence-electron chi connectivity index (χ3n) is 4.86. The summed E-state index contributed by atoms with van der Waals surface area (Å²) in [4.78, 5) is 6.92. The predicted octanol–water partition coefficient (Wildman–Crippen LogP) is 1.33. The van der Waals surface area contributed by atoms with Gasteiger partial charge in [0, 0.05) is 57.4 Å². The SMILES string of the molecule is CC1CN(c2ccc(CNCC3CNc4ccnn4C3)cn2)CCO1. The minimum Gasteiger partial charge on any atom is -0.375 e. The number of rotatable bonds is 5. The van der Waals surface area contributed by atoms with Gasteiger partial charge in [0.15, 0.2) is 0 Å². The normalized spacial score (nSPS) is 23.2. The molecule has 2 atom stereocenters. The van der Waals surface area contributed by atoms with Crippen LogP contribution in [0.25, 0.3) is 0 Å². The molecule has 7 nitrogen and oxygen atoms in total. The van der Waals surface area contributed by atoms with Gasteiger partial charge in [-0.05, 0) is 18.6 Å². The van der Waals surface area contributed by atoms with E-state index in [1.807, 2.05) is 23.1 Å². The van der Waals surface area contributed by atoms with E-state index in [9.17, 15) is 0 Å². The quantitative estimate of drug-likeness (QED) is 0.855. The minimum absolute atomic E-state index is 0.274. The summed E-state index contributed by atoms with van der Waals surface area (Å²) in [7, 11) is 0. The van der Waals surface area contributed by atoms with E-state index in [0.29, 0.717) is 5.92 Å². The summed E-state index contributed by atoms with van der Waals surface area (Å²) in [6.07, 6.45) is 4.10. The Labute approximate surface area is 148 Å². The Bertz CT molecular complexity index is 685. The van der Waals surface area contributed by atoms with E-state index < -0.39 is 0 Å². The van der Waals surface area contributed by atoms with Crippen LogP contribution < -0.4 is 15.5 Å². The topological polar surface area (TPSA) is 67.2 Å². The molecule has 2 aromatic rings. The number of fused-ring (bicyclic) bond motifs is 1. The maximum Gasteiger partial charge on any atom is 0.128 e. The second kappa shape index (κ2) is 7.41. The lowest BCUT2D eigenvalue weighted by Crippen LogP contribution is -2.41. The Hall–Kier alpha value is -2.12. The number of pyridine rings is 1. The summed E-state index contributed by atoms with van der Waals surface area (Å²) >= 11 is 0. The number of nitrogens with one attached hydrogen (secondary N) is 2. The third kappa shape index (κ3) is 3.93. The Morgan fingerprint density at radius 3 is 3.12 bits per heavy atom. The Balaban J connectivity index is 1.25. The van der Waals surface area contributed by atoms with Crippen LogP contribution in [0.1, 0.15) is 12.5 Å². The molecule has 0 amide bonds. The fraction of sp³-hybridized carbons (Fsp3) is 0.556. The van der Waals surface area contributed by atoms with Crippen LogP contribution >= 0.6 is 0 Å². The van der Waals surface area contributed by atoms with E-state index in [2.05, 4.69) is 44.7 Å². The van der Waals surface area contributed by atoms with Gasteiger partial charge in [0.2, 0.25) is 0 Å². The molecule has 0 radical (unpaired) electrons. The number of nitrogens with zero attached hydrogens (tertiary/aromatic N) is 4. The van der Waals surface area contributed by atoms with Crippen molar-refractivity contribution < 1.29 is 4.74 Å². The van der Waals surface area contributed by atoms with Gasteiger partial charge in [0.1, 0.15) is 11.6 Å². The molecule has 1 fully saturated rings. The standard InChI is InChI=1S/C18H26N6O/c1-14-12-23(6-7-25-14)17-3-2-15(10-20-17)8-19-9-16-11-21-18-4-5-22-24(18)13-16/h2-5,10,14,16,19,21H,6-9,11-13H2,1H3. The Kier molecular flexibility index (Phi) is 4.85. The molecule has 7 heteroatoms. The monoisotopic (exact) mass is 342 g/mol. The highest BCUT2D eigenvalue weighted by Crippen LogP contribution is 2.17. The minimum atomic E-state index is 0.274. The zero-order valence-corrected chi connectivity index (χ0v) is 14.7. The molecule has 2 N–H and O–H groups in total. The van der Waals surface area contributed by atoms with Crippen molar-refractivity contribution in [1.29, 1.82) is 0 Å². The average molecular weight is 342 g/mol. The van der Waals surface area contributed by atoms with Crippen LogP contribution in [0.3, 0.4) is 0 Å². The lowest BCUT2D eigenvalue weighted by molar-refractivity contribution is 0.0529. The zero-order chi connectivity index (χ0) is 17.1. The second-order valence-electron chi connectivity index (χ2n) is 6.93. The summed E-state index contributed by atoms with van der Waals surface area (Å²) in [5, 5.41) is 11.3. The molecule has 25 heavy (non-hydrogen) atoms. The molecule has 2 unspecified atom stereocenters. The van der Waals surface area contributed by atoms with Crippen molar-refractivity contribution >= 4 is 11.6 Å². The van der Waals surface area contributed by atoms with Crippen molar-refractivity contribution in [3.8, 4) is 0 Å². The lowest BCUT2D eigenvalue weighted by Gasteiger charge is -2.32. The van der Waals surface area contributed by atoms with Crippen LogP contribution in [0.15, 0.2) is 30.6 Å². The molecule has 0 spiro atoms. The van der Waals surface area contributed by atoms with Gasteiger partial charge in [-0.1, -0.05) is 6.07 Å². The largest absolute Gasteiger partial charge is 0.375 e. The highest BCUT2D eigenvalue weighted by Gasteiger charge is 2.19. The van der Waals surface area contributed by atoms with Crippen molar-refractivity contribution in [2.24, 2.45) is 5.92 Å². The molecule has 134 valence electrons. The van der Waals surface area contributed by atoms with E-state index in [1.165, 1.54) is 5.56 Å². The van der Waals surface area contributed by atoms with Crippen molar-refractivity contribution in [1.82, 2.24) is 20.1 Å². The van der Waals surface area contributed by atoms with E-state index in [-0.39, 0.29) is 6.10 Å². The predicted molar refractivity (Wildman–Crippen MR) is 97.8 cm³/mol. The third-order valence-corrected chi connectivity index (χ3v) is 4.86. The molecular formula is C18H26N6O. The summed E-state index contributed by atoms with van der Waals surface area (Å²) < 4.78 is 7.63. The summed E-state index contributed by atoms with van der Waals surface area (Å²) in [5.74, 6) is 2.71. The number of aromatic nitrogens is 3. The molecule has 1 saturated heterocycles. The molecule has 0 saturated carbocycles. The summed E-state index contributed by atoms with van der Waals surface area (Å²) in [6, 6.07) is 6.31. The fourth-order valence-corrected chi connectivity index (χ4v) is 3.48. The van der Waals surface area contributed by atoms with Gasteiger partial charge in [0.05, 0.1) is 18.9 Å². The Morgan fingerprint density at radius 1 is 1.32 bits per heavy atom. The van der Waals surface area contributed by atoms with Crippen LogP contribution in [0, 0.1) is 5.92 Å². The van der Waals surface area contributed by atoms with Gasteiger partial charge in [0.25, 0.3) is 0 Å². The number of ether oxygens (including phenoxy) is 1. The molecule has 0 aliphatic carbocycles. The first-order chi connectivity index (χ1) is 12.3. The fourth-order valence-electron chi connectivity index (χ4n) is 3.48. The maximum absolute atomic E-state index is 5.59. The molecule has 0 bridgehead atoms. The highest BCUT2D eigenvalue weighted by molar-refractivity contribution is 5.40. The van der Waals surface area contributed by atoms with Crippen LogP contribution in [-0.2, 0) is 17.8 Å². The van der Waals surface area contributed by atoms with Gasteiger partial charge in [-0.15, -0.1) is 0 Å². The first-order valence-electron chi connectivity index (χ1n) is 9.06. The van der Waals surface area contributed by atoms with Crippen molar-refractivity contribution in [2.75, 3.05) is 43.0 Å². The van der Waals surface area contributed by atoms with Crippen LogP contribution in [0.4, 0.5) is 11.6 Å². The van der Waals surface area contributed by atoms with E-state index in [0.717, 1.165) is 57.5 Å². The molecule has 4 heterocycles. The van der Waals surface area contributed by atoms with Gasteiger partial charge < -0.3 is 20.3 Å². The first-order valence-corrected chi connectivity index (χ1v) is 9.06. The van der Waals surface area contributed by atoms with Gasteiger partial charge in [-0.3, -0.25) is 0 Å². The van der Waals surface area contributed by atoms with Crippen LogP contribution in [-0.4, -0.2) is 53.7 Å². The molecule has 0 aromatic carbocycles. The van der Waals surface area contributed by atoms with Crippen LogP contribution in [0.5, 0.6) is 0 Å². The molecular weight excluding hydrogens is 316 g/mol. The number of hydrogen-bond acceptors (Lipinski definition) is 6. The smallest absolute Gasteiger partial charge is 0.128 e. The first kappa shape index (κ1) is 16.4. The zero-order valence-electron chi connectivity index (χ0n) is 14.7. The van der Waals surface area contributed by atoms with E-state index in [4.69, 9.17) is 4.74 Å². The maximum atomic E-state index is 5.59. The lowest BCUT2D eigenvalue weighted by atomic mass is 10.1. The van der Waals surface area contributed by atoms with Gasteiger partial charge in [-0.25, -0.2) is 9.67 Å². The Morgan fingerprint density at radius 2 is 2.28 bits per heavy atom. The van der Waals surface area contributed by atoms with Crippen molar-refractivity contribution in [3.05, 3.63) is 36.2 Å². The molecule has 2 aliphatic rings. The number of hydrogen-bond donors (Lipinski definition) is 2. The van der Waals surface area contributed by atoms with Crippen molar-refractivity contribution in [3.63, 3.8) is 0 Å². The van der Waals surface area contributed by atoms with Gasteiger partial charge >= 0.3 is 0 Å². The average Bonchev–Trinajstić information content (AvgIpc) is 3.10. The van der Waals surface area contributed by atoms with Gasteiger partial charge in [-0.2, -0.15) is 5.10 Å². The molecule has 2 aliphatic heterocycles. The second-order valence-corrected chi connectivity index (χ2v) is 6.93.